The van der Waals surface area contributed by atoms with Crippen molar-refractivity contribution in [1.82, 2.24) is 15.5 Å². The minimum atomic E-state index is -1.12. The first-order valence-electron chi connectivity index (χ1n) is 12.8. The average Bonchev–Trinajstić information content (AvgIpc) is 3.37. The van der Waals surface area contributed by atoms with Gasteiger partial charge in [0, 0.05) is 13.0 Å². The zero-order chi connectivity index (χ0) is 26.7. The molecule has 7 N–H and O–H groups in total. The maximum absolute atomic E-state index is 13.7. The van der Waals surface area contributed by atoms with Crippen LogP contribution in [0.25, 0.3) is 0 Å². The van der Waals surface area contributed by atoms with Crippen molar-refractivity contribution in [2.45, 2.75) is 83.0 Å². The smallest absolute Gasteiger partial charge is 0.326 e. The summed E-state index contributed by atoms with van der Waals surface area (Å²) < 4.78 is 0. The fourth-order valence-corrected chi connectivity index (χ4v) is 4.35. The zero-order valence-electron chi connectivity index (χ0n) is 21.3. The maximum Gasteiger partial charge on any atom is 0.326 e. The van der Waals surface area contributed by atoms with Crippen LogP contribution >= 0.6 is 0 Å². The van der Waals surface area contributed by atoms with Gasteiger partial charge in [-0.2, -0.15) is 0 Å². The van der Waals surface area contributed by atoms with Crippen LogP contribution in [-0.4, -0.2) is 71.0 Å². The SMILES string of the molecule is CCC(C)C(N)C(=O)NC(Cc1ccccc1)C(=O)N1CCCC1C(=O)NC(CCCCN)C(=O)O. The Bertz CT molecular complexity index is 881. The highest BCUT2D eigenvalue weighted by atomic mass is 16.4. The van der Waals surface area contributed by atoms with Gasteiger partial charge in [-0.1, -0.05) is 50.6 Å². The summed E-state index contributed by atoms with van der Waals surface area (Å²) in [6.45, 7) is 4.62. The number of carboxylic acid groups (broad SMARTS) is 1. The molecule has 0 spiro atoms. The molecule has 1 heterocycles. The number of rotatable bonds is 14. The number of hydrogen-bond donors (Lipinski definition) is 5. The Labute approximate surface area is 213 Å². The van der Waals surface area contributed by atoms with E-state index < -0.39 is 42.0 Å². The first-order valence-corrected chi connectivity index (χ1v) is 12.8. The van der Waals surface area contributed by atoms with Crippen LogP contribution in [0.5, 0.6) is 0 Å². The van der Waals surface area contributed by atoms with Crippen molar-refractivity contribution in [1.29, 1.82) is 0 Å². The van der Waals surface area contributed by atoms with E-state index in [4.69, 9.17) is 11.5 Å². The molecule has 0 aromatic heterocycles. The highest BCUT2D eigenvalue weighted by molar-refractivity contribution is 5.94. The number of carbonyl (C=O) groups is 4. The molecular weight excluding hydrogens is 462 g/mol. The second kappa shape index (κ2) is 14.5. The summed E-state index contributed by atoms with van der Waals surface area (Å²) in [5, 5.41) is 14.9. The second-order valence-corrected chi connectivity index (χ2v) is 9.54. The summed E-state index contributed by atoms with van der Waals surface area (Å²) in [6.07, 6.45) is 3.49. The quantitative estimate of drug-likeness (QED) is 0.234. The molecule has 1 fully saturated rings. The summed E-state index contributed by atoms with van der Waals surface area (Å²) in [5.74, 6) is -2.47. The number of hydrogen-bond acceptors (Lipinski definition) is 6. The number of nitrogens with zero attached hydrogens (tertiary/aromatic N) is 1. The number of nitrogens with one attached hydrogen (secondary N) is 2. The van der Waals surface area contributed by atoms with Gasteiger partial charge in [0.2, 0.25) is 17.7 Å². The van der Waals surface area contributed by atoms with E-state index in [1.54, 1.807) is 0 Å². The Morgan fingerprint density at radius 1 is 1.11 bits per heavy atom. The molecule has 0 radical (unpaired) electrons. The molecule has 0 aliphatic carbocycles. The van der Waals surface area contributed by atoms with Crippen LogP contribution in [0.2, 0.25) is 0 Å². The van der Waals surface area contributed by atoms with Gasteiger partial charge in [0.05, 0.1) is 6.04 Å². The van der Waals surface area contributed by atoms with Crippen LogP contribution in [-0.2, 0) is 25.6 Å². The lowest BCUT2D eigenvalue weighted by Gasteiger charge is -2.30. The van der Waals surface area contributed by atoms with Gasteiger partial charge in [-0.25, -0.2) is 4.79 Å². The van der Waals surface area contributed by atoms with Crippen LogP contribution in [0.4, 0.5) is 0 Å². The van der Waals surface area contributed by atoms with Gasteiger partial charge >= 0.3 is 5.97 Å². The lowest BCUT2D eigenvalue weighted by atomic mass is 9.98. The Hall–Kier alpha value is -2.98. The maximum atomic E-state index is 13.7. The average molecular weight is 504 g/mol. The molecule has 0 saturated carbocycles. The molecule has 36 heavy (non-hydrogen) atoms. The summed E-state index contributed by atoms with van der Waals surface area (Å²) in [5.41, 5.74) is 12.5. The van der Waals surface area contributed by atoms with E-state index >= 15 is 0 Å². The largest absolute Gasteiger partial charge is 0.480 e. The Morgan fingerprint density at radius 2 is 1.81 bits per heavy atom. The number of nitrogens with two attached hydrogens (primary N) is 2. The van der Waals surface area contributed by atoms with Crippen molar-refractivity contribution in [2.75, 3.05) is 13.1 Å². The van der Waals surface area contributed by atoms with Gasteiger partial charge < -0.3 is 32.1 Å². The molecule has 1 aromatic carbocycles. The Kier molecular flexibility index (Phi) is 11.8. The van der Waals surface area contributed by atoms with Gasteiger partial charge in [0.1, 0.15) is 18.1 Å². The number of likely N-dealkylation sites (tertiary alicyclic amines) is 1. The van der Waals surface area contributed by atoms with E-state index in [1.165, 1.54) is 4.90 Å². The molecule has 10 heteroatoms. The van der Waals surface area contributed by atoms with E-state index in [1.807, 2.05) is 44.2 Å². The summed E-state index contributed by atoms with van der Waals surface area (Å²) in [6, 6.07) is 5.81. The third-order valence-corrected chi connectivity index (χ3v) is 6.86. The van der Waals surface area contributed by atoms with Gasteiger partial charge in [-0.15, -0.1) is 0 Å². The second-order valence-electron chi connectivity index (χ2n) is 9.54. The number of carbonyl (C=O) groups excluding carboxylic acids is 3. The topological polar surface area (TPSA) is 168 Å². The zero-order valence-corrected chi connectivity index (χ0v) is 21.3. The van der Waals surface area contributed by atoms with E-state index in [-0.39, 0.29) is 24.7 Å². The molecule has 200 valence electrons. The summed E-state index contributed by atoms with van der Waals surface area (Å²) in [4.78, 5) is 52.7. The monoisotopic (exact) mass is 503 g/mol. The highest BCUT2D eigenvalue weighted by Crippen LogP contribution is 2.20. The molecule has 1 aliphatic heterocycles. The fraction of sp³-hybridized carbons (Fsp3) is 0.615. The third kappa shape index (κ3) is 8.30. The molecule has 1 saturated heterocycles. The molecule has 5 unspecified atom stereocenters. The van der Waals surface area contributed by atoms with Crippen molar-refractivity contribution in [3.8, 4) is 0 Å². The van der Waals surface area contributed by atoms with Crippen molar-refractivity contribution in [3.63, 3.8) is 0 Å². The lowest BCUT2D eigenvalue weighted by molar-refractivity contribution is -0.145. The first-order chi connectivity index (χ1) is 17.2. The predicted molar refractivity (Wildman–Crippen MR) is 137 cm³/mol. The van der Waals surface area contributed by atoms with Crippen molar-refractivity contribution < 1.29 is 24.3 Å². The van der Waals surface area contributed by atoms with Gasteiger partial charge in [-0.05, 0) is 50.1 Å². The van der Waals surface area contributed by atoms with E-state index in [0.29, 0.717) is 38.8 Å². The first kappa shape index (κ1) is 29.3. The van der Waals surface area contributed by atoms with E-state index in [2.05, 4.69) is 10.6 Å². The van der Waals surface area contributed by atoms with Crippen LogP contribution in [0.1, 0.15) is 57.9 Å². The van der Waals surface area contributed by atoms with Crippen LogP contribution in [0.3, 0.4) is 0 Å². The predicted octanol–water partition coefficient (Wildman–Crippen LogP) is 0.777. The highest BCUT2D eigenvalue weighted by Gasteiger charge is 2.39. The number of unbranched alkanes of at least 4 members (excludes halogenated alkanes) is 1. The molecule has 5 atom stereocenters. The van der Waals surface area contributed by atoms with Gasteiger partial charge in [0.15, 0.2) is 0 Å². The van der Waals surface area contributed by atoms with Crippen molar-refractivity contribution in [2.24, 2.45) is 17.4 Å². The number of benzene rings is 1. The molecular formula is C26H41N5O5. The van der Waals surface area contributed by atoms with Gasteiger partial charge in [-0.3, -0.25) is 14.4 Å². The van der Waals surface area contributed by atoms with Crippen LogP contribution in [0.15, 0.2) is 30.3 Å². The minimum Gasteiger partial charge on any atom is -0.480 e. The number of carboxylic acids is 1. The van der Waals surface area contributed by atoms with Crippen LogP contribution in [0, 0.1) is 5.92 Å². The number of amides is 3. The number of aliphatic carboxylic acids is 1. The van der Waals surface area contributed by atoms with Crippen molar-refractivity contribution >= 4 is 23.7 Å². The molecule has 1 aliphatic rings. The molecule has 10 nitrogen and oxygen atoms in total. The Morgan fingerprint density at radius 3 is 2.42 bits per heavy atom. The fourth-order valence-electron chi connectivity index (χ4n) is 4.35. The summed E-state index contributed by atoms with van der Waals surface area (Å²) >= 11 is 0. The molecule has 2 rings (SSSR count). The standard InChI is InChI=1S/C26H41N5O5/c1-3-17(2)22(28)24(33)30-20(16-18-10-5-4-6-11-18)25(34)31-15-9-13-21(31)23(32)29-19(26(35)36)12-7-8-14-27/h4-6,10-11,17,19-22H,3,7-9,12-16,27-28H2,1-2H3,(H,29,32)(H,30,33)(H,35,36). The van der Waals surface area contributed by atoms with E-state index in [0.717, 1.165) is 12.0 Å². The van der Waals surface area contributed by atoms with Crippen LogP contribution < -0.4 is 22.1 Å². The van der Waals surface area contributed by atoms with Crippen molar-refractivity contribution in [3.05, 3.63) is 35.9 Å². The molecule has 1 aromatic rings. The lowest BCUT2D eigenvalue weighted by Crippen LogP contribution is -2.57. The summed E-state index contributed by atoms with van der Waals surface area (Å²) in [7, 11) is 0. The third-order valence-electron chi connectivity index (χ3n) is 6.86. The molecule has 0 bridgehead atoms. The minimum absolute atomic E-state index is 0.0602. The van der Waals surface area contributed by atoms with Gasteiger partial charge in [0.25, 0.3) is 0 Å². The van der Waals surface area contributed by atoms with E-state index in [9.17, 15) is 24.3 Å². The molecule has 3 amide bonds. The Balaban J connectivity index is 2.18. The normalized spacial score (nSPS) is 18.7.